The second-order valence-electron chi connectivity index (χ2n) is 4.36. The highest BCUT2D eigenvalue weighted by Crippen LogP contribution is 2.21. The standard InChI is InChI=1S/C14H8F2N2O4S/c15-11-3-2-10(5-9(11)7-17)18-23(21,22)13-4-1-8(14(19)20)6-12(13)16/h1-6,18H,(H,19,20). The highest BCUT2D eigenvalue weighted by Gasteiger charge is 2.21. The Morgan fingerprint density at radius 3 is 2.39 bits per heavy atom. The minimum absolute atomic E-state index is 0.135. The van der Waals surface area contributed by atoms with Gasteiger partial charge in [-0.15, -0.1) is 0 Å². The van der Waals surface area contributed by atoms with Crippen molar-refractivity contribution in [2.75, 3.05) is 4.72 Å². The van der Waals surface area contributed by atoms with Crippen LogP contribution < -0.4 is 4.72 Å². The topological polar surface area (TPSA) is 107 Å². The third-order valence-corrected chi connectivity index (χ3v) is 4.22. The number of rotatable bonds is 4. The molecule has 2 aromatic rings. The van der Waals surface area contributed by atoms with E-state index in [0.717, 1.165) is 30.3 Å². The third-order valence-electron chi connectivity index (χ3n) is 2.81. The molecule has 0 saturated heterocycles. The number of carboxylic acids is 1. The van der Waals surface area contributed by atoms with Gasteiger partial charge < -0.3 is 5.11 Å². The van der Waals surface area contributed by atoms with Gasteiger partial charge in [-0.2, -0.15) is 5.26 Å². The fraction of sp³-hybridized carbons (Fsp3) is 0. The molecule has 0 radical (unpaired) electrons. The Balaban J connectivity index is 2.40. The molecule has 0 aliphatic carbocycles. The average molecular weight is 338 g/mol. The number of carbonyl (C=O) groups is 1. The van der Waals surface area contributed by atoms with Gasteiger partial charge in [0.05, 0.1) is 16.8 Å². The number of hydrogen-bond acceptors (Lipinski definition) is 4. The molecule has 2 aromatic carbocycles. The van der Waals surface area contributed by atoms with Crippen molar-refractivity contribution >= 4 is 21.7 Å². The summed E-state index contributed by atoms with van der Waals surface area (Å²) in [6.45, 7) is 0. The Morgan fingerprint density at radius 2 is 1.83 bits per heavy atom. The fourth-order valence-electron chi connectivity index (χ4n) is 1.74. The molecule has 9 heteroatoms. The Hall–Kier alpha value is -2.99. The van der Waals surface area contributed by atoms with E-state index < -0.39 is 38.1 Å². The number of halogens is 2. The van der Waals surface area contributed by atoms with Crippen molar-refractivity contribution in [3.8, 4) is 6.07 Å². The molecule has 6 nitrogen and oxygen atoms in total. The Kier molecular flexibility index (Phi) is 4.29. The van der Waals surface area contributed by atoms with Gasteiger partial charge >= 0.3 is 5.97 Å². The number of nitrogens with one attached hydrogen (secondary N) is 1. The molecule has 0 aromatic heterocycles. The summed E-state index contributed by atoms with van der Waals surface area (Å²) in [6, 6.07) is 6.76. The summed E-state index contributed by atoms with van der Waals surface area (Å²) < 4.78 is 53.2. The van der Waals surface area contributed by atoms with Crippen LogP contribution in [0.2, 0.25) is 0 Å². The molecule has 0 bridgehead atoms. The van der Waals surface area contributed by atoms with Crippen molar-refractivity contribution < 1.29 is 27.1 Å². The predicted molar refractivity (Wildman–Crippen MR) is 75.3 cm³/mol. The van der Waals surface area contributed by atoms with Crippen molar-refractivity contribution in [2.45, 2.75) is 4.90 Å². The number of carboxylic acid groups (broad SMARTS) is 1. The SMILES string of the molecule is N#Cc1cc(NS(=O)(=O)c2ccc(C(=O)O)cc2F)ccc1F. The van der Waals surface area contributed by atoms with Crippen LogP contribution in [0, 0.1) is 23.0 Å². The smallest absolute Gasteiger partial charge is 0.335 e. The first-order valence-corrected chi connectivity index (χ1v) is 7.48. The van der Waals surface area contributed by atoms with Gasteiger partial charge in [0.15, 0.2) is 0 Å². The van der Waals surface area contributed by atoms with E-state index in [-0.39, 0.29) is 11.3 Å². The van der Waals surface area contributed by atoms with E-state index in [9.17, 15) is 22.0 Å². The van der Waals surface area contributed by atoms with Crippen LogP contribution in [0.5, 0.6) is 0 Å². The maximum absolute atomic E-state index is 13.8. The molecule has 0 unspecified atom stereocenters. The van der Waals surface area contributed by atoms with Gasteiger partial charge in [0.25, 0.3) is 10.0 Å². The van der Waals surface area contributed by atoms with Crippen LogP contribution in [0.3, 0.4) is 0 Å². The summed E-state index contributed by atoms with van der Waals surface area (Å²) in [5, 5.41) is 17.4. The van der Waals surface area contributed by atoms with E-state index in [1.54, 1.807) is 6.07 Å². The normalized spacial score (nSPS) is 10.8. The summed E-state index contributed by atoms with van der Waals surface area (Å²) in [7, 11) is -4.37. The van der Waals surface area contributed by atoms with Gasteiger partial charge in [0, 0.05) is 0 Å². The molecule has 0 heterocycles. The van der Waals surface area contributed by atoms with Gasteiger partial charge in [-0.1, -0.05) is 0 Å². The molecule has 2 rings (SSSR count). The van der Waals surface area contributed by atoms with E-state index in [1.165, 1.54) is 0 Å². The van der Waals surface area contributed by atoms with Gasteiger partial charge in [0.1, 0.15) is 22.6 Å². The molecule has 23 heavy (non-hydrogen) atoms. The Labute approximate surface area is 129 Å². The molecular formula is C14H8F2N2O4S. The van der Waals surface area contributed by atoms with Gasteiger partial charge in [-0.05, 0) is 36.4 Å². The van der Waals surface area contributed by atoms with Crippen molar-refractivity contribution in [1.82, 2.24) is 0 Å². The summed E-state index contributed by atoms with van der Waals surface area (Å²) in [5.41, 5.74) is -0.924. The molecule has 0 fully saturated rings. The van der Waals surface area contributed by atoms with E-state index in [0.29, 0.717) is 6.07 Å². The van der Waals surface area contributed by atoms with Crippen LogP contribution in [0.4, 0.5) is 14.5 Å². The fourth-order valence-corrected chi connectivity index (χ4v) is 2.85. The number of benzene rings is 2. The van der Waals surface area contributed by atoms with E-state index in [4.69, 9.17) is 10.4 Å². The molecule has 0 aliphatic heterocycles. The number of sulfonamides is 1. The largest absolute Gasteiger partial charge is 0.478 e. The van der Waals surface area contributed by atoms with Gasteiger partial charge in [-0.25, -0.2) is 22.0 Å². The van der Waals surface area contributed by atoms with Gasteiger partial charge in [-0.3, -0.25) is 4.72 Å². The first kappa shape index (κ1) is 16.4. The molecule has 0 aliphatic rings. The molecular weight excluding hydrogens is 330 g/mol. The highest BCUT2D eigenvalue weighted by molar-refractivity contribution is 7.92. The maximum atomic E-state index is 13.8. The molecule has 0 spiro atoms. The maximum Gasteiger partial charge on any atom is 0.335 e. The quantitative estimate of drug-likeness (QED) is 0.890. The van der Waals surface area contributed by atoms with E-state index >= 15 is 0 Å². The van der Waals surface area contributed by atoms with Crippen LogP contribution >= 0.6 is 0 Å². The molecule has 2 N–H and O–H groups in total. The zero-order valence-electron chi connectivity index (χ0n) is 11.2. The lowest BCUT2D eigenvalue weighted by atomic mass is 10.2. The third kappa shape index (κ3) is 3.44. The summed E-state index contributed by atoms with van der Waals surface area (Å²) in [4.78, 5) is 9.94. The van der Waals surface area contributed by atoms with Crippen molar-refractivity contribution in [1.29, 1.82) is 5.26 Å². The zero-order chi connectivity index (χ0) is 17.2. The number of anilines is 1. The lowest BCUT2D eigenvalue weighted by Gasteiger charge is -2.09. The van der Waals surface area contributed by atoms with Gasteiger partial charge in [0.2, 0.25) is 0 Å². The predicted octanol–water partition coefficient (Wildman–Crippen LogP) is 2.34. The molecule has 0 atom stereocenters. The van der Waals surface area contributed by atoms with Crippen molar-refractivity contribution in [2.24, 2.45) is 0 Å². The monoisotopic (exact) mass is 338 g/mol. The Morgan fingerprint density at radius 1 is 1.13 bits per heavy atom. The van der Waals surface area contributed by atoms with Crippen LogP contribution in [-0.4, -0.2) is 19.5 Å². The summed E-state index contributed by atoms with van der Waals surface area (Å²) in [5.74, 6) is -3.48. The first-order chi connectivity index (χ1) is 10.7. The molecule has 118 valence electrons. The number of nitrogens with zero attached hydrogens (tertiary/aromatic N) is 1. The molecule has 0 amide bonds. The summed E-state index contributed by atoms with van der Waals surface area (Å²) in [6.07, 6.45) is 0. The van der Waals surface area contributed by atoms with Crippen LogP contribution in [0.1, 0.15) is 15.9 Å². The number of hydrogen-bond donors (Lipinski definition) is 2. The zero-order valence-corrected chi connectivity index (χ0v) is 12.1. The number of nitriles is 1. The average Bonchev–Trinajstić information content (AvgIpc) is 2.48. The van der Waals surface area contributed by atoms with E-state index in [1.807, 2.05) is 4.72 Å². The van der Waals surface area contributed by atoms with Crippen LogP contribution in [0.15, 0.2) is 41.3 Å². The lowest BCUT2D eigenvalue weighted by molar-refractivity contribution is 0.0696. The summed E-state index contributed by atoms with van der Waals surface area (Å²) >= 11 is 0. The molecule has 0 saturated carbocycles. The Bertz CT molecular complexity index is 936. The van der Waals surface area contributed by atoms with E-state index in [2.05, 4.69) is 0 Å². The second-order valence-corrected chi connectivity index (χ2v) is 6.01. The second kappa shape index (κ2) is 6.02. The number of aromatic carboxylic acids is 1. The minimum Gasteiger partial charge on any atom is -0.478 e. The first-order valence-electron chi connectivity index (χ1n) is 6.00. The van der Waals surface area contributed by atoms with Crippen LogP contribution in [-0.2, 0) is 10.0 Å². The lowest BCUT2D eigenvalue weighted by Crippen LogP contribution is -2.15. The minimum atomic E-state index is -4.37. The van der Waals surface area contributed by atoms with Crippen molar-refractivity contribution in [3.63, 3.8) is 0 Å². The highest BCUT2D eigenvalue weighted by atomic mass is 32.2. The van der Waals surface area contributed by atoms with Crippen LogP contribution in [0.25, 0.3) is 0 Å². The van der Waals surface area contributed by atoms with Crippen molar-refractivity contribution in [3.05, 3.63) is 59.2 Å².